The lowest BCUT2D eigenvalue weighted by Crippen LogP contribution is -2.39. The van der Waals surface area contributed by atoms with Crippen LogP contribution in [0.2, 0.25) is 0 Å². The van der Waals surface area contributed by atoms with Crippen molar-refractivity contribution in [1.82, 2.24) is 15.6 Å². The van der Waals surface area contributed by atoms with E-state index in [9.17, 15) is 4.39 Å². The average Bonchev–Trinajstić information content (AvgIpc) is 3.20. The number of ether oxygens (including phenoxy) is 1. The summed E-state index contributed by atoms with van der Waals surface area (Å²) in [5.41, 5.74) is 3.29. The Bertz CT molecular complexity index is 1000. The van der Waals surface area contributed by atoms with E-state index in [2.05, 4.69) is 46.8 Å². The molecule has 0 spiro atoms. The first kappa shape index (κ1) is 21.4. The highest BCUT2D eigenvalue weighted by atomic mass is 19.1. The number of nitrogens with one attached hydrogen (secondary N) is 3. The van der Waals surface area contributed by atoms with Crippen LogP contribution in [0.4, 0.5) is 4.39 Å². The van der Waals surface area contributed by atoms with Gasteiger partial charge in [-0.1, -0.05) is 30.3 Å². The zero-order valence-corrected chi connectivity index (χ0v) is 18.0. The molecule has 2 heterocycles. The molecule has 1 aromatic heterocycles. The molecule has 6 heteroatoms. The van der Waals surface area contributed by atoms with Gasteiger partial charge in [0.2, 0.25) is 0 Å². The van der Waals surface area contributed by atoms with E-state index in [1.807, 2.05) is 12.3 Å². The smallest absolute Gasteiger partial charge is 0.191 e. The van der Waals surface area contributed by atoms with Crippen molar-refractivity contribution in [1.29, 1.82) is 0 Å². The Morgan fingerprint density at radius 2 is 2.06 bits per heavy atom. The topological polar surface area (TPSA) is 61.4 Å². The molecular formula is C25H31FN4O. The zero-order chi connectivity index (χ0) is 21.5. The van der Waals surface area contributed by atoms with E-state index in [-0.39, 0.29) is 11.9 Å². The van der Waals surface area contributed by atoms with Gasteiger partial charge in [0.25, 0.3) is 0 Å². The fourth-order valence-corrected chi connectivity index (χ4v) is 4.26. The molecule has 3 N–H and O–H groups in total. The Morgan fingerprint density at radius 3 is 2.90 bits per heavy atom. The van der Waals surface area contributed by atoms with Crippen molar-refractivity contribution in [3.63, 3.8) is 0 Å². The van der Waals surface area contributed by atoms with E-state index in [1.165, 1.54) is 11.6 Å². The van der Waals surface area contributed by atoms with Crippen LogP contribution in [0.3, 0.4) is 0 Å². The Morgan fingerprint density at radius 1 is 1.19 bits per heavy atom. The van der Waals surface area contributed by atoms with Crippen LogP contribution >= 0.6 is 0 Å². The molecule has 0 bridgehead atoms. The lowest BCUT2D eigenvalue weighted by atomic mass is 9.89. The van der Waals surface area contributed by atoms with Crippen LogP contribution in [-0.4, -0.2) is 37.2 Å². The molecule has 3 aromatic rings. The lowest BCUT2D eigenvalue weighted by molar-refractivity contribution is -0.0250. The van der Waals surface area contributed by atoms with Crippen LogP contribution in [-0.2, 0) is 11.2 Å². The van der Waals surface area contributed by atoms with Crippen LogP contribution in [0.25, 0.3) is 10.9 Å². The summed E-state index contributed by atoms with van der Waals surface area (Å²) < 4.78 is 19.7. The van der Waals surface area contributed by atoms with Gasteiger partial charge in [0.15, 0.2) is 5.96 Å². The molecule has 31 heavy (non-hydrogen) atoms. The van der Waals surface area contributed by atoms with Gasteiger partial charge in [-0.15, -0.1) is 0 Å². The second-order valence-electron chi connectivity index (χ2n) is 8.00. The monoisotopic (exact) mass is 422 g/mol. The van der Waals surface area contributed by atoms with Gasteiger partial charge in [0.1, 0.15) is 5.82 Å². The molecule has 2 atom stereocenters. The highest BCUT2D eigenvalue weighted by molar-refractivity contribution is 5.83. The second-order valence-corrected chi connectivity index (χ2v) is 8.00. The first-order valence-corrected chi connectivity index (χ1v) is 11.2. The lowest BCUT2D eigenvalue weighted by Gasteiger charge is -2.31. The summed E-state index contributed by atoms with van der Waals surface area (Å²) >= 11 is 0. The summed E-state index contributed by atoms with van der Waals surface area (Å²) in [4.78, 5) is 8.07. The highest BCUT2D eigenvalue weighted by Gasteiger charge is 2.27. The van der Waals surface area contributed by atoms with Gasteiger partial charge in [-0.2, -0.15) is 0 Å². The maximum atomic E-state index is 13.6. The molecule has 1 fully saturated rings. The maximum absolute atomic E-state index is 13.6. The summed E-state index contributed by atoms with van der Waals surface area (Å²) in [6.45, 7) is 5.11. The van der Waals surface area contributed by atoms with Crippen molar-refractivity contribution in [3.8, 4) is 0 Å². The van der Waals surface area contributed by atoms with E-state index in [0.29, 0.717) is 12.5 Å². The van der Waals surface area contributed by atoms with Gasteiger partial charge in [-0.3, -0.25) is 4.99 Å². The van der Waals surface area contributed by atoms with Crippen molar-refractivity contribution in [2.45, 2.75) is 32.3 Å². The number of aliphatic imine (C=N–C) groups is 1. The van der Waals surface area contributed by atoms with Crippen molar-refractivity contribution >= 4 is 16.9 Å². The summed E-state index contributed by atoms with van der Waals surface area (Å²) in [6, 6.07) is 15.3. The summed E-state index contributed by atoms with van der Waals surface area (Å²) in [5.74, 6) is 0.966. The Kier molecular flexibility index (Phi) is 7.20. The minimum Gasteiger partial charge on any atom is -0.373 e. The molecule has 1 saturated heterocycles. The number of benzene rings is 2. The van der Waals surface area contributed by atoms with E-state index in [1.54, 1.807) is 12.1 Å². The third kappa shape index (κ3) is 5.44. The number of halogens is 1. The van der Waals surface area contributed by atoms with Crippen molar-refractivity contribution in [2.75, 3.05) is 26.2 Å². The number of H-pyrrole nitrogens is 1. The van der Waals surface area contributed by atoms with E-state index >= 15 is 0 Å². The number of aromatic amines is 1. The predicted molar refractivity (Wildman–Crippen MR) is 124 cm³/mol. The number of aromatic nitrogens is 1. The molecule has 0 amide bonds. The number of nitrogens with zero attached hydrogens (tertiary/aromatic N) is 1. The summed E-state index contributed by atoms with van der Waals surface area (Å²) in [7, 11) is 0. The van der Waals surface area contributed by atoms with Crippen LogP contribution in [0.5, 0.6) is 0 Å². The van der Waals surface area contributed by atoms with Crippen LogP contribution in [0.1, 0.15) is 37.0 Å². The van der Waals surface area contributed by atoms with Crippen LogP contribution in [0, 0.1) is 11.7 Å². The molecule has 0 radical (unpaired) electrons. The predicted octanol–water partition coefficient (Wildman–Crippen LogP) is 4.57. The quantitative estimate of drug-likeness (QED) is 0.386. The van der Waals surface area contributed by atoms with Crippen LogP contribution < -0.4 is 10.6 Å². The number of guanidine groups is 1. The van der Waals surface area contributed by atoms with Gasteiger partial charge in [0.05, 0.1) is 6.10 Å². The molecule has 0 aliphatic carbocycles. The maximum Gasteiger partial charge on any atom is 0.191 e. The van der Waals surface area contributed by atoms with Crippen LogP contribution in [0.15, 0.2) is 59.7 Å². The number of hydrogen-bond acceptors (Lipinski definition) is 2. The number of hydrogen-bond donors (Lipinski definition) is 3. The molecule has 1 aliphatic heterocycles. The van der Waals surface area contributed by atoms with Gasteiger partial charge >= 0.3 is 0 Å². The van der Waals surface area contributed by atoms with Gasteiger partial charge < -0.3 is 20.4 Å². The second kappa shape index (κ2) is 10.4. The molecule has 1 aliphatic rings. The fourth-order valence-electron chi connectivity index (χ4n) is 4.26. The fraction of sp³-hybridized carbons (Fsp3) is 0.400. The first-order chi connectivity index (χ1) is 15.2. The molecule has 2 aromatic carbocycles. The van der Waals surface area contributed by atoms with Gasteiger partial charge in [-0.05, 0) is 55.5 Å². The number of rotatable bonds is 7. The van der Waals surface area contributed by atoms with E-state index < -0.39 is 0 Å². The summed E-state index contributed by atoms with van der Waals surface area (Å²) in [6.07, 6.45) is 5.03. The van der Waals surface area contributed by atoms with Gasteiger partial charge in [0, 0.05) is 49.3 Å². The van der Waals surface area contributed by atoms with E-state index in [0.717, 1.165) is 61.4 Å². The molecule has 4 rings (SSSR count). The van der Waals surface area contributed by atoms with Crippen molar-refractivity contribution in [3.05, 3.63) is 71.7 Å². The third-order valence-corrected chi connectivity index (χ3v) is 5.82. The molecular weight excluding hydrogens is 391 g/mol. The molecule has 164 valence electrons. The molecule has 0 saturated carbocycles. The SMILES string of the molecule is CCNC(=NCC1CCCOC1c1ccccc1)NCCc1c[nH]c2ccc(F)cc12. The van der Waals surface area contributed by atoms with E-state index in [4.69, 9.17) is 9.73 Å². The third-order valence-electron chi connectivity index (χ3n) is 5.82. The van der Waals surface area contributed by atoms with Crippen molar-refractivity contribution in [2.24, 2.45) is 10.9 Å². The Balaban J connectivity index is 1.37. The van der Waals surface area contributed by atoms with Gasteiger partial charge in [-0.25, -0.2) is 4.39 Å². The number of fused-ring (bicyclic) bond motifs is 1. The standard InChI is InChI=1S/C25H31FN4O/c1-2-27-25(28-13-12-19-16-29-23-11-10-21(26)15-22(19)23)30-17-20-9-6-14-31-24(20)18-7-4-3-5-8-18/h3-5,7-8,10-11,15-16,20,24,29H,2,6,9,12-14,17H2,1H3,(H2,27,28,30). The molecule has 5 nitrogen and oxygen atoms in total. The largest absolute Gasteiger partial charge is 0.373 e. The summed E-state index contributed by atoms with van der Waals surface area (Å²) in [5, 5.41) is 7.70. The van der Waals surface area contributed by atoms with Crippen molar-refractivity contribution < 1.29 is 9.13 Å². The Labute approximate surface area is 183 Å². The molecule has 2 unspecified atom stereocenters. The highest BCUT2D eigenvalue weighted by Crippen LogP contribution is 2.33. The first-order valence-electron chi connectivity index (χ1n) is 11.2. The minimum atomic E-state index is -0.209. The average molecular weight is 423 g/mol. The normalized spacial score (nSPS) is 19.5. The Hall–Kier alpha value is -2.86. The zero-order valence-electron chi connectivity index (χ0n) is 18.0. The minimum absolute atomic E-state index is 0.0997.